The van der Waals surface area contributed by atoms with E-state index in [0.717, 1.165) is 32.2 Å². The van der Waals surface area contributed by atoms with E-state index in [2.05, 4.69) is 19.2 Å². The Labute approximate surface area is 106 Å². The standard InChI is InChI=1S/C14H29NO2/c1-3-9-16-10-11-17-13(2)12-15-14-7-5-4-6-8-14/h13-15H,3-12H2,1-2H3. The quantitative estimate of drug-likeness (QED) is 0.632. The first kappa shape index (κ1) is 14.9. The van der Waals surface area contributed by atoms with Crippen LogP contribution in [0.2, 0.25) is 0 Å². The van der Waals surface area contributed by atoms with Crippen molar-refractivity contribution < 1.29 is 9.47 Å². The van der Waals surface area contributed by atoms with Gasteiger partial charge in [-0.05, 0) is 26.2 Å². The molecule has 1 fully saturated rings. The van der Waals surface area contributed by atoms with Crippen molar-refractivity contribution in [1.82, 2.24) is 5.32 Å². The average molecular weight is 243 g/mol. The molecule has 1 saturated carbocycles. The third-order valence-electron chi connectivity index (χ3n) is 3.28. The lowest BCUT2D eigenvalue weighted by Gasteiger charge is -2.24. The highest BCUT2D eigenvalue weighted by Gasteiger charge is 2.13. The zero-order valence-corrected chi connectivity index (χ0v) is 11.5. The molecule has 0 aromatic carbocycles. The summed E-state index contributed by atoms with van der Waals surface area (Å²) < 4.78 is 11.1. The minimum atomic E-state index is 0.294. The zero-order chi connectivity index (χ0) is 12.3. The molecular formula is C14H29NO2. The van der Waals surface area contributed by atoms with Crippen LogP contribution < -0.4 is 5.32 Å². The van der Waals surface area contributed by atoms with Gasteiger partial charge in [-0.2, -0.15) is 0 Å². The molecule has 0 aliphatic heterocycles. The Morgan fingerprint density at radius 1 is 1.12 bits per heavy atom. The Kier molecular flexibility index (Phi) is 8.67. The van der Waals surface area contributed by atoms with Crippen LogP contribution >= 0.6 is 0 Å². The van der Waals surface area contributed by atoms with E-state index in [4.69, 9.17) is 9.47 Å². The van der Waals surface area contributed by atoms with Gasteiger partial charge >= 0.3 is 0 Å². The molecule has 0 amide bonds. The molecule has 1 N–H and O–H groups in total. The summed E-state index contributed by atoms with van der Waals surface area (Å²) in [7, 11) is 0. The van der Waals surface area contributed by atoms with Crippen molar-refractivity contribution in [2.45, 2.75) is 64.5 Å². The lowest BCUT2D eigenvalue weighted by molar-refractivity contribution is 0.0116. The second kappa shape index (κ2) is 9.86. The first-order chi connectivity index (χ1) is 8.33. The number of hydrogen-bond donors (Lipinski definition) is 1. The molecule has 1 rings (SSSR count). The van der Waals surface area contributed by atoms with Crippen LogP contribution in [-0.4, -0.2) is 38.5 Å². The molecule has 1 aliphatic carbocycles. The summed E-state index contributed by atoms with van der Waals surface area (Å²) in [6, 6.07) is 0.728. The lowest BCUT2D eigenvalue weighted by Crippen LogP contribution is -2.37. The molecule has 1 unspecified atom stereocenters. The van der Waals surface area contributed by atoms with Gasteiger partial charge in [0.15, 0.2) is 0 Å². The van der Waals surface area contributed by atoms with Crippen molar-refractivity contribution in [3.05, 3.63) is 0 Å². The van der Waals surface area contributed by atoms with Gasteiger partial charge in [-0.25, -0.2) is 0 Å². The summed E-state index contributed by atoms with van der Waals surface area (Å²) in [5, 5.41) is 3.61. The first-order valence-corrected chi connectivity index (χ1v) is 7.25. The summed E-state index contributed by atoms with van der Waals surface area (Å²) in [5.41, 5.74) is 0. The summed E-state index contributed by atoms with van der Waals surface area (Å²) in [6.07, 6.45) is 8.24. The molecule has 1 aliphatic rings. The third kappa shape index (κ3) is 7.74. The van der Waals surface area contributed by atoms with Gasteiger partial charge in [0.2, 0.25) is 0 Å². The van der Waals surface area contributed by atoms with E-state index < -0.39 is 0 Å². The van der Waals surface area contributed by atoms with Crippen molar-refractivity contribution in [3.8, 4) is 0 Å². The maximum atomic E-state index is 5.69. The molecule has 0 radical (unpaired) electrons. The molecule has 17 heavy (non-hydrogen) atoms. The molecule has 0 aromatic rings. The smallest absolute Gasteiger partial charge is 0.0704 e. The number of hydrogen-bond acceptors (Lipinski definition) is 3. The van der Waals surface area contributed by atoms with Gasteiger partial charge < -0.3 is 14.8 Å². The fourth-order valence-electron chi connectivity index (χ4n) is 2.25. The fraction of sp³-hybridized carbons (Fsp3) is 1.00. The van der Waals surface area contributed by atoms with Gasteiger partial charge in [-0.3, -0.25) is 0 Å². The second-order valence-corrected chi connectivity index (χ2v) is 5.04. The molecule has 0 spiro atoms. The van der Waals surface area contributed by atoms with E-state index in [9.17, 15) is 0 Å². The highest BCUT2D eigenvalue weighted by molar-refractivity contribution is 4.72. The van der Waals surface area contributed by atoms with E-state index in [-0.39, 0.29) is 0 Å². The van der Waals surface area contributed by atoms with Crippen molar-refractivity contribution >= 4 is 0 Å². The summed E-state index contributed by atoms with van der Waals surface area (Å²) >= 11 is 0. The maximum Gasteiger partial charge on any atom is 0.0704 e. The summed E-state index contributed by atoms with van der Waals surface area (Å²) in [6.45, 7) is 7.51. The molecule has 0 saturated heterocycles. The molecule has 1 atom stereocenters. The van der Waals surface area contributed by atoms with Crippen molar-refractivity contribution in [3.63, 3.8) is 0 Å². The van der Waals surface area contributed by atoms with Gasteiger partial charge in [0.05, 0.1) is 19.3 Å². The van der Waals surface area contributed by atoms with Crippen LogP contribution in [0.4, 0.5) is 0 Å². The second-order valence-electron chi connectivity index (χ2n) is 5.04. The Hall–Kier alpha value is -0.120. The molecule has 0 aromatic heterocycles. The van der Waals surface area contributed by atoms with Crippen LogP contribution in [0, 0.1) is 0 Å². The predicted molar refractivity (Wildman–Crippen MR) is 71.4 cm³/mol. The van der Waals surface area contributed by atoms with Gasteiger partial charge in [0.25, 0.3) is 0 Å². The Morgan fingerprint density at radius 2 is 1.88 bits per heavy atom. The molecular weight excluding hydrogens is 214 g/mol. The molecule has 0 heterocycles. The Balaban J connectivity index is 1.91. The predicted octanol–water partition coefficient (Wildman–Crippen LogP) is 2.74. The lowest BCUT2D eigenvalue weighted by atomic mass is 9.95. The third-order valence-corrected chi connectivity index (χ3v) is 3.28. The summed E-state index contributed by atoms with van der Waals surface area (Å²) in [4.78, 5) is 0. The van der Waals surface area contributed by atoms with E-state index in [1.54, 1.807) is 0 Å². The van der Waals surface area contributed by atoms with Gasteiger partial charge in [-0.1, -0.05) is 26.2 Å². The van der Waals surface area contributed by atoms with Gasteiger partial charge in [0, 0.05) is 19.2 Å². The minimum Gasteiger partial charge on any atom is -0.379 e. The first-order valence-electron chi connectivity index (χ1n) is 7.25. The molecule has 102 valence electrons. The van der Waals surface area contributed by atoms with E-state index in [1.807, 2.05) is 0 Å². The van der Waals surface area contributed by atoms with Crippen LogP contribution in [0.3, 0.4) is 0 Å². The van der Waals surface area contributed by atoms with Gasteiger partial charge in [0.1, 0.15) is 0 Å². The number of ether oxygens (including phenoxy) is 2. The fourth-order valence-corrected chi connectivity index (χ4v) is 2.25. The average Bonchev–Trinajstić information content (AvgIpc) is 2.37. The molecule has 3 heteroatoms. The molecule has 0 bridgehead atoms. The number of rotatable bonds is 9. The Bertz CT molecular complexity index is 170. The zero-order valence-electron chi connectivity index (χ0n) is 11.5. The van der Waals surface area contributed by atoms with Crippen LogP contribution in [-0.2, 0) is 9.47 Å². The van der Waals surface area contributed by atoms with Crippen molar-refractivity contribution in [1.29, 1.82) is 0 Å². The van der Waals surface area contributed by atoms with Crippen LogP contribution in [0.1, 0.15) is 52.4 Å². The van der Waals surface area contributed by atoms with Crippen molar-refractivity contribution in [2.75, 3.05) is 26.4 Å². The van der Waals surface area contributed by atoms with Crippen LogP contribution in [0.25, 0.3) is 0 Å². The molecule has 3 nitrogen and oxygen atoms in total. The highest BCUT2D eigenvalue weighted by atomic mass is 16.5. The highest BCUT2D eigenvalue weighted by Crippen LogP contribution is 2.17. The Morgan fingerprint density at radius 3 is 2.59 bits per heavy atom. The minimum absolute atomic E-state index is 0.294. The topological polar surface area (TPSA) is 30.5 Å². The summed E-state index contributed by atoms with van der Waals surface area (Å²) in [5.74, 6) is 0. The monoisotopic (exact) mass is 243 g/mol. The van der Waals surface area contributed by atoms with Crippen LogP contribution in [0.5, 0.6) is 0 Å². The van der Waals surface area contributed by atoms with E-state index >= 15 is 0 Å². The van der Waals surface area contributed by atoms with Gasteiger partial charge in [-0.15, -0.1) is 0 Å². The van der Waals surface area contributed by atoms with E-state index in [1.165, 1.54) is 32.1 Å². The van der Waals surface area contributed by atoms with E-state index in [0.29, 0.717) is 12.7 Å². The number of nitrogens with one attached hydrogen (secondary N) is 1. The van der Waals surface area contributed by atoms with Crippen LogP contribution in [0.15, 0.2) is 0 Å². The normalized spacial score (nSPS) is 19.4. The SMILES string of the molecule is CCCOCCOC(C)CNC1CCCCC1. The van der Waals surface area contributed by atoms with Crippen molar-refractivity contribution in [2.24, 2.45) is 0 Å². The largest absolute Gasteiger partial charge is 0.379 e. The maximum absolute atomic E-state index is 5.69.